The van der Waals surface area contributed by atoms with Gasteiger partial charge in [-0.2, -0.15) is 0 Å². The minimum Gasteiger partial charge on any atom is -0.411 e. The molecule has 0 spiro atoms. The van der Waals surface area contributed by atoms with E-state index in [0.29, 0.717) is 6.42 Å². The number of hydrogen-bond donors (Lipinski definition) is 0. The van der Waals surface area contributed by atoms with Gasteiger partial charge in [-0.05, 0) is 38.4 Å². The SMILES string of the molecule is CCCCC[C@@H](C=C[C@@H]1CC(=O)[C@H]2OC(C)(C)O[C@@H]12)O[Si](C)(C)C(C)(C)C. The van der Waals surface area contributed by atoms with Crippen molar-refractivity contribution in [2.45, 2.75) is 116 Å². The van der Waals surface area contributed by atoms with Gasteiger partial charge in [0.25, 0.3) is 0 Å². The van der Waals surface area contributed by atoms with Crippen molar-refractivity contribution in [3.8, 4) is 0 Å². The van der Waals surface area contributed by atoms with Crippen LogP contribution in [0.4, 0.5) is 0 Å². The Bertz CT molecular complexity index is 547. The second kappa shape index (κ2) is 8.48. The summed E-state index contributed by atoms with van der Waals surface area (Å²) in [5.41, 5.74) is 0. The van der Waals surface area contributed by atoms with Crippen LogP contribution in [0.2, 0.25) is 18.1 Å². The van der Waals surface area contributed by atoms with Gasteiger partial charge in [0.2, 0.25) is 0 Å². The van der Waals surface area contributed by atoms with Crippen LogP contribution in [0, 0.1) is 5.92 Å². The molecule has 27 heavy (non-hydrogen) atoms. The van der Waals surface area contributed by atoms with E-state index in [1.54, 1.807) is 0 Å². The Morgan fingerprint density at radius 1 is 1.26 bits per heavy atom. The molecule has 0 aromatic carbocycles. The van der Waals surface area contributed by atoms with E-state index in [9.17, 15) is 4.79 Å². The minimum absolute atomic E-state index is 0.0842. The fourth-order valence-electron chi connectivity index (χ4n) is 3.60. The van der Waals surface area contributed by atoms with Crippen LogP contribution in [-0.2, 0) is 18.7 Å². The van der Waals surface area contributed by atoms with Crippen molar-refractivity contribution in [3.05, 3.63) is 12.2 Å². The number of hydrogen-bond acceptors (Lipinski definition) is 4. The molecule has 1 aliphatic carbocycles. The maximum Gasteiger partial charge on any atom is 0.192 e. The van der Waals surface area contributed by atoms with Gasteiger partial charge >= 0.3 is 0 Å². The van der Waals surface area contributed by atoms with Crippen molar-refractivity contribution in [1.82, 2.24) is 0 Å². The maximum atomic E-state index is 12.3. The molecule has 0 bridgehead atoms. The summed E-state index contributed by atoms with van der Waals surface area (Å²) >= 11 is 0. The number of ketones is 1. The summed E-state index contributed by atoms with van der Waals surface area (Å²) in [5, 5.41) is 0.185. The normalized spacial score (nSPS) is 29.5. The highest BCUT2D eigenvalue weighted by atomic mass is 28.4. The zero-order chi connectivity index (χ0) is 20.5. The molecule has 4 atom stereocenters. The second-order valence-electron chi connectivity index (χ2n) is 10.2. The molecule has 0 unspecified atom stereocenters. The van der Waals surface area contributed by atoms with E-state index >= 15 is 0 Å². The van der Waals surface area contributed by atoms with E-state index in [1.165, 1.54) is 19.3 Å². The van der Waals surface area contributed by atoms with Gasteiger partial charge in [-0.3, -0.25) is 4.79 Å². The largest absolute Gasteiger partial charge is 0.411 e. The highest BCUT2D eigenvalue weighted by molar-refractivity contribution is 6.74. The molecule has 0 amide bonds. The van der Waals surface area contributed by atoms with Gasteiger partial charge in [-0.15, -0.1) is 0 Å². The van der Waals surface area contributed by atoms with Crippen LogP contribution >= 0.6 is 0 Å². The monoisotopic (exact) mass is 396 g/mol. The molecule has 2 aliphatic rings. The molecular formula is C22H40O4Si. The minimum atomic E-state index is -1.84. The van der Waals surface area contributed by atoms with Crippen LogP contribution in [0.1, 0.15) is 73.6 Å². The highest BCUT2D eigenvalue weighted by Gasteiger charge is 2.52. The lowest BCUT2D eigenvalue weighted by atomic mass is 10.0. The first kappa shape index (κ1) is 22.8. The number of unbranched alkanes of at least 4 members (excludes halogenated alkanes) is 2. The molecule has 2 rings (SSSR count). The lowest BCUT2D eigenvalue weighted by Crippen LogP contribution is -2.43. The van der Waals surface area contributed by atoms with Crippen LogP contribution in [0.15, 0.2) is 12.2 Å². The molecule has 156 valence electrons. The van der Waals surface area contributed by atoms with Gasteiger partial charge in [0.1, 0.15) is 12.2 Å². The first-order valence-corrected chi connectivity index (χ1v) is 13.5. The van der Waals surface area contributed by atoms with Crippen LogP contribution in [0.25, 0.3) is 0 Å². The molecular weight excluding hydrogens is 356 g/mol. The predicted molar refractivity (Wildman–Crippen MR) is 112 cm³/mol. The number of ether oxygens (including phenoxy) is 2. The summed E-state index contributed by atoms with van der Waals surface area (Å²) in [6.07, 6.45) is 9.05. The van der Waals surface area contributed by atoms with E-state index in [2.05, 4.69) is 52.9 Å². The lowest BCUT2D eigenvalue weighted by Gasteiger charge is -2.38. The van der Waals surface area contributed by atoms with E-state index in [-0.39, 0.29) is 28.9 Å². The van der Waals surface area contributed by atoms with Crippen LogP contribution in [-0.4, -0.2) is 38.2 Å². The third kappa shape index (κ3) is 5.75. The predicted octanol–water partition coefficient (Wildman–Crippen LogP) is 5.62. The Hall–Kier alpha value is -0.493. The van der Waals surface area contributed by atoms with Crippen molar-refractivity contribution in [2.75, 3.05) is 0 Å². The summed E-state index contributed by atoms with van der Waals surface area (Å²) in [4.78, 5) is 12.3. The average molecular weight is 397 g/mol. The molecule has 2 fully saturated rings. The Morgan fingerprint density at radius 2 is 1.93 bits per heavy atom. The van der Waals surface area contributed by atoms with E-state index in [0.717, 1.165) is 6.42 Å². The standard InChI is InChI=1S/C22H40O4Si/c1-9-10-11-12-17(26-27(7,8)21(2,3)4)14-13-16-15-18(23)20-19(16)24-22(5,6)25-20/h13-14,16-17,19-20H,9-12,15H2,1-8H3/t16-,17+,19+,20-/m1/s1. The molecule has 1 saturated carbocycles. The summed E-state index contributed by atoms with van der Waals surface area (Å²) in [7, 11) is -1.84. The van der Waals surface area contributed by atoms with Crippen molar-refractivity contribution in [1.29, 1.82) is 0 Å². The van der Waals surface area contributed by atoms with E-state index < -0.39 is 20.2 Å². The maximum absolute atomic E-state index is 12.3. The van der Waals surface area contributed by atoms with Crippen molar-refractivity contribution in [3.63, 3.8) is 0 Å². The van der Waals surface area contributed by atoms with Crippen LogP contribution in [0.5, 0.6) is 0 Å². The number of carbonyl (C=O) groups excluding carboxylic acids is 1. The molecule has 0 aromatic heterocycles. The molecule has 4 nitrogen and oxygen atoms in total. The smallest absolute Gasteiger partial charge is 0.192 e. The van der Waals surface area contributed by atoms with Gasteiger partial charge in [0.15, 0.2) is 19.9 Å². The summed E-state index contributed by atoms with van der Waals surface area (Å²) < 4.78 is 18.5. The highest BCUT2D eigenvalue weighted by Crippen LogP contribution is 2.41. The zero-order valence-corrected chi connectivity index (χ0v) is 19.6. The molecule has 0 N–H and O–H groups in total. The lowest BCUT2D eigenvalue weighted by molar-refractivity contribution is -0.161. The van der Waals surface area contributed by atoms with Crippen molar-refractivity contribution < 1.29 is 18.7 Å². The first-order chi connectivity index (χ1) is 12.4. The zero-order valence-electron chi connectivity index (χ0n) is 18.6. The van der Waals surface area contributed by atoms with Gasteiger partial charge in [-0.1, -0.05) is 59.1 Å². The summed E-state index contributed by atoms with van der Waals surface area (Å²) in [5.74, 6) is -0.426. The third-order valence-corrected chi connectivity index (χ3v) is 10.7. The Balaban J connectivity index is 2.08. The summed E-state index contributed by atoms with van der Waals surface area (Å²) in [6.45, 7) is 17.4. The fourth-order valence-corrected chi connectivity index (χ4v) is 4.91. The van der Waals surface area contributed by atoms with Crippen molar-refractivity contribution >= 4 is 14.1 Å². The van der Waals surface area contributed by atoms with Crippen LogP contribution in [0.3, 0.4) is 0 Å². The van der Waals surface area contributed by atoms with E-state index in [4.69, 9.17) is 13.9 Å². The quantitative estimate of drug-likeness (QED) is 0.303. The molecule has 1 aliphatic heterocycles. The Kier molecular flexibility index (Phi) is 7.16. The molecule has 1 heterocycles. The van der Waals surface area contributed by atoms with Gasteiger partial charge in [0, 0.05) is 12.3 Å². The van der Waals surface area contributed by atoms with E-state index in [1.807, 2.05) is 13.8 Å². The second-order valence-corrected chi connectivity index (χ2v) is 14.9. The Labute approximate surface area is 167 Å². The van der Waals surface area contributed by atoms with Crippen molar-refractivity contribution in [2.24, 2.45) is 5.92 Å². The molecule has 0 aromatic rings. The molecule has 5 heteroatoms. The number of rotatable bonds is 8. The van der Waals surface area contributed by atoms with Gasteiger partial charge < -0.3 is 13.9 Å². The first-order valence-electron chi connectivity index (χ1n) is 10.6. The number of carbonyl (C=O) groups is 1. The number of Topliss-reactive ketones (excluding diaryl/α,β-unsaturated/α-hetero) is 1. The Morgan fingerprint density at radius 3 is 2.52 bits per heavy atom. The molecule has 1 saturated heterocycles. The summed E-state index contributed by atoms with van der Waals surface area (Å²) in [6, 6.07) is 0. The fraction of sp³-hybridized carbons (Fsp3) is 0.864. The topological polar surface area (TPSA) is 44.8 Å². The van der Waals surface area contributed by atoms with Gasteiger partial charge in [0.05, 0.1) is 6.10 Å². The molecule has 0 radical (unpaired) electrons. The van der Waals surface area contributed by atoms with Gasteiger partial charge in [-0.25, -0.2) is 0 Å². The van der Waals surface area contributed by atoms with Crippen LogP contribution < -0.4 is 0 Å². The number of fused-ring (bicyclic) bond motifs is 1. The third-order valence-electron chi connectivity index (χ3n) is 6.22. The average Bonchev–Trinajstić information content (AvgIpc) is 2.98.